The molecule has 134 valence electrons. The van der Waals surface area contributed by atoms with Crippen LogP contribution in [0.1, 0.15) is 21.7 Å². The summed E-state index contributed by atoms with van der Waals surface area (Å²) < 4.78 is 38.3. The van der Waals surface area contributed by atoms with Gasteiger partial charge in [0.2, 0.25) is 5.82 Å². The van der Waals surface area contributed by atoms with Crippen LogP contribution in [0.3, 0.4) is 0 Å². The highest BCUT2D eigenvalue weighted by Crippen LogP contribution is 2.25. The van der Waals surface area contributed by atoms with Gasteiger partial charge in [0, 0.05) is 11.8 Å². The summed E-state index contributed by atoms with van der Waals surface area (Å²) in [7, 11) is 0. The lowest BCUT2D eigenvalue weighted by molar-refractivity contribution is -0.144. The van der Waals surface area contributed by atoms with Gasteiger partial charge in [0.05, 0.1) is 6.21 Å². The summed E-state index contributed by atoms with van der Waals surface area (Å²) in [5.74, 6) is -3.02. The maximum absolute atomic E-state index is 12.6. The molecule has 0 bridgehead atoms. The average molecular weight is 366 g/mol. The molecule has 2 heterocycles. The number of para-hydroxylation sites is 1. The van der Waals surface area contributed by atoms with Gasteiger partial charge in [-0.1, -0.05) is 12.1 Å². The molecule has 2 aromatic heterocycles. The Labute approximate surface area is 141 Å². The summed E-state index contributed by atoms with van der Waals surface area (Å²) in [6.45, 7) is 0. The van der Waals surface area contributed by atoms with Gasteiger partial charge in [0.25, 0.3) is 17.2 Å². The van der Waals surface area contributed by atoms with Gasteiger partial charge in [-0.25, -0.2) is 10.4 Å². The molecule has 26 heavy (non-hydrogen) atoms. The maximum atomic E-state index is 12.6. The Morgan fingerprint density at radius 1 is 1.35 bits per heavy atom. The number of hydrazone groups is 1. The number of aromatic amines is 1. The van der Waals surface area contributed by atoms with Gasteiger partial charge in [-0.15, -0.1) is 0 Å². The Kier molecular flexibility index (Phi) is 4.16. The van der Waals surface area contributed by atoms with Crippen LogP contribution in [0, 0.1) is 0 Å². The molecule has 0 saturated heterocycles. The average Bonchev–Trinajstić information content (AvgIpc) is 3.02. The van der Waals surface area contributed by atoms with Crippen LogP contribution < -0.4 is 11.0 Å². The first-order valence-corrected chi connectivity index (χ1v) is 6.94. The second-order valence-electron chi connectivity index (χ2n) is 4.94. The summed E-state index contributed by atoms with van der Waals surface area (Å²) in [5, 5.41) is 14.9. The standard InChI is InChI=1S/C14H9F3N6O3/c15-14(16,17)12-20-13-18-6-8(11(26)23(13)22-12)10(25)21-19-5-7-3-1-2-4-9(7)24/h1-6,24H,(H,21,25)(H,18,20,22). The van der Waals surface area contributed by atoms with Gasteiger partial charge >= 0.3 is 6.18 Å². The zero-order chi connectivity index (χ0) is 18.9. The fraction of sp³-hybridized carbons (Fsp3) is 0.0714. The van der Waals surface area contributed by atoms with Crippen LogP contribution in [0.4, 0.5) is 13.2 Å². The molecule has 1 aromatic carbocycles. The Bertz CT molecular complexity index is 1070. The lowest BCUT2D eigenvalue weighted by atomic mass is 10.2. The van der Waals surface area contributed by atoms with Crippen molar-refractivity contribution in [1.82, 2.24) is 25.0 Å². The second-order valence-corrected chi connectivity index (χ2v) is 4.94. The lowest BCUT2D eigenvalue weighted by Gasteiger charge is -2.00. The number of carbonyl (C=O) groups excluding carboxylic acids is 1. The number of hydrogen-bond acceptors (Lipinski definition) is 6. The van der Waals surface area contributed by atoms with E-state index < -0.39 is 34.8 Å². The van der Waals surface area contributed by atoms with Crippen molar-refractivity contribution < 1.29 is 23.1 Å². The summed E-state index contributed by atoms with van der Waals surface area (Å²) >= 11 is 0. The summed E-state index contributed by atoms with van der Waals surface area (Å²) in [6, 6.07) is 6.15. The van der Waals surface area contributed by atoms with Crippen LogP contribution in [0.25, 0.3) is 5.78 Å². The number of fused-ring (bicyclic) bond motifs is 1. The molecule has 9 nitrogen and oxygen atoms in total. The minimum absolute atomic E-state index is 0.0780. The number of phenols is 1. The molecule has 0 aliphatic heterocycles. The van der Waals surface area contributed by atoms with E-state index in [2.05, 4.69) is 15.1 Å². The number of rotatable bonds is 3. The monoisotopic (exact) mass is 366 g/mol. The molecule has 3 aromatic rings. The highest BCUT2D eigenvalue weighted by molar-refractivity contribution is 5.94. The molecule has 0 unspecified atom stereocenters. The first kappa shape index (κ1) is 17.1. The number of phenolic OH excluding ortho intramolecular Hbond substituents is 1. The fourth-order valence-corrected chi connectivity index (χ4v) is 1.96. The number of nitrogens with one attached hydrogen (secondary N) is 2. The molecular weight excluding hydrogens is 357 g/mol. The molecule has 0 aliphatic carbocycles. The molecule has 12 heteroatoms. The Balaban J connectivity index is 1.86. The van der Waals surface area contributed by atoms with Gasteiger partial charge in [-0.05, 0) is 12.1 Å². The minimum atomic E-state index is -4.80. The normalized spacial score (nSPS) is 12.0. The molecule has 0 radical (unpaired) electrons. The molecule has 3 N–H and O–H groups in total. The lowest BCUT2D eigenvalue weighted by Crippen LogP contribution is -2.29. The number of carbonyl (C=O) groups is 1. The number of benzene rings is 1. The molecular formula is C14H9F3N6O3. The smallest absolute Gasteiger partial charge is 0.451 e. The SMILES string of the molecule is O=C(NN=Cc1ccccc1O)c1cnc2nc(C(F)(F)F)[nH]n2c1=O. The molecule has 0 spiro atoms. The second kappa shape index (κ2) is 6.31. The van der Waals surface area contributed by atoms with Crippen molar-refractivity contribution in [2.75, 3.05) is 0 Å². The van der Waals surface area contributed by atoms with E-state index in [-0.39, 0.29) is 5.75 Å². The predicted octanol–water partition coefficient (Wildman–Crippen LogP) is 0.906. The third kappa shape index (κ3) is 3.24. The van der Waals surface area contributed by atoms with Crippen LogP contribution >= 0.6 is 0 Å². The van der Waals surface area contributed by atoms with Crippen molar-refractivity contribution in [2.24, 2.45) is 5.10 Å². The van der Waals surface area contributed by atoms with E-state index in [1.165, 1.54) is 12.1 Å². The molecule has 0 saturated carbocycles. The quantitative estimate of drug-likeness (QED) is 0.469. The Hall–Kier alpha value is -3.70. The molecule has 1 amide bonds. The largest absolute Gasteiger partial charge is 0.507 e. The number of alkyl halides is 3. The number of H-pyrrole nitrogens is 1. The number of aromatic hydroxyl groups is 1. The van der Waals surface area contributed by atoms with Crippen molar-refractivity contribution in [3.8, 4) is 5.75 Å². The molecule has 0 fully saturated rings. The first-order valence-electron chi connectivity index (χ1n) is 6.94. The van der Waals surface area contributed by atoms with Crippen molar-refractivity contribution in [3.05, 3.63) is 57.8 Å². The number of halogens is 3. The molecule has 3 rings (SSSR count). The van der Waals surface area contributed by atoms with E-state index in [0.29, 0.717) is 10.1 Å². The van der Waals surface area contributed by atoms with E-state index in [1.807, 2.05) is 5.43 Å². The van der Waals surface area contributed by atoms with Crippen molar-refractivity contribution >= 4 is 17.9 Å². The van der Waals surface area contributed by atoms with Crippen molar-refractivity contribution in [1.29, 1.82) is 0 Å². The van der Waals surface area contributed by atoms with E-state index in [1.54, 1.807) is 17.2 Å². The van der Waals surface area contributed by atoms with Gasteiger partial charge in [-0.3, -0.25) is 14.7 Å². The number of aromatic nitrogens is 4. The van der Waals surface area contributed by atoms with Gasteiger partial charge in [0.15, 0.2) is 0 Å². The van der Waals surface area contributed by atoms with Crippen molar-refractivity contribution in [2.45, 2.75) is 6.18 Å². The van der Waals surface area contributed by atoms with Gasteiger partial charge in [-0.2, -0.15) is 27.8 Å². The van der Waals surface area contributed by atoms with Gasteiger partial charge in [0.1, 0.15) is 11.3 Å². The van der Waals surface area contributed by atoms with Crippen LogP contribution in [0.2, 0.25) is 0 Å². The molecule has 0 aliphatic rings. The third-order valence-corrected chi connectivity index (χ3v) is 3.19. The number of hydrogen-bond donors (Lipinski definition) is 3. The van der Waals surface area contributed by atoms with Crippen LogP contribution in [-0.2, 0) is 6.18 Å². The minimum Gasteiger partial charge on any atom is -0.507 e. The Morgan fingerprint density at radius 2 is 2.08 bits per heavy atom. The van der Waals surface area contributed by atoms with E-state index >= 15 is 0 Å². The highest BCUT2D eigenvalue weighted by Gasteiger charge is 2.35. The highest BCUT2D eigenvalue weighted by atomic mass is 19.4. The van der Waals surface area contributed by atoms with Gasteiger partial charge < -0.3 is 5.11 Å². The predicted molar refractivity (Wildman–Crippen MR) is 81.8 cm³/mol. The summed E-state index contributed by atoms with van der Waals surface area (Å²) in [6.07, 6.45) is -2.87. The number of amides is 1. The third-order valence-electron chi connectivity index (χ3n) is 3.19. The van der Waals surface area contributed by atoms with Crippen molar-refractivity contribution in [3.63, 3.8) is 0 Å². The summed E-state index contributed by atoms with van der Waals surface area (Å²) in [5.41, 5.74) is 0.711. The molecule has 0 atom stereocenters. The van der Waals surface area contributed by atoms with E-state index in [0.717, 1.165) is 12.4 Å². The van der Waals surface area contributed by atoms with E-state index in [4.69, 9.17) is 0 Å². The number of nitrogens with zero attached hydrogens (tertiary/aromatic N) is 4. The van der Waals surface area contributed by atoms with Crippen LogP contribution in [0.5, 0.6) is 5.75 Å². The van der Waals surface area contributed by atoms with Crippen LogP contribution in [-0.4, -0.2) is 36.8 Å². The fourth-order valence-electron chi connectivity index (χ4n) is 1.96. The zero-order valence-electron chi connectivity index (χ0n) is 12.7. The zero-order valence-corrected chi connectivity index (χ0v) is 12.7. The topological polar surface area (TPSA) is 125 Å². The first-order chi connectivity index (χ1) is 12.3. The maximum Gasteiger partial charge on any atom is 0.451 e. The Morgan fingerprint density at radius 3 is 2.77 bits per heavy atom. The summed E-state index contributed by atoms with van der Waals surface area (Å²) in [4.78, 5) is 30.8. The van der Waals surface area contributed by atoms with Crippen LogP contribution in [0.15, 0.2) is 40.4 Å². The van der Waals surface area contributed by atoms with E-state index in [9.17, 15) is 27.9 Å².